The third-order valence-corrected chi connectivity index (χ3v) is 2.57. The standard InChI is InChI=1S/C12H15N/c1-2-3-9-13-10-8-11-6-4-5-7-12(11)13/h4-8,10H,2-3,9H2,1H3/p+1. The van der Waals surface area contributed by atoms with Crippen molar-refractivity contribution in [2.45, 2.75) is 19.8 Å². The maximum atomic E-state index is 2.26. The van der Waals surface area contributed by atoms with Gasteiger partial charge in [-0.15, -0.1) is 0 Å². The van der Waals surface area contributed by atoms with E-state index >= 15 is 0 Å². The summed E-state index contributed by atoms with van der Waals surface area (Å²) in [5.74, 6) is 0. The van der Waals surface area contributed by atoms with E-state index in [2.05, 4.69) is 43.5 Å². The molecule has 0 spiro atoms. The van der Waals surface area contributed by atoms with E-state index in [1.807, 2.05) is 0 Å². The van der Waals surface area contributed by atoms with Gasteiger partial charge in [-0.3, -0.25) is 4.90 Å². The monoisotopic (exact) mass is 174 g/mol. The number of quaternary nitrogens is 1. The highest BCUT2D eigenvalue weighted by Crippen LogP contribution is 2.15. The van der Waals surface area contributed by atoms with Gasteiger partial charge in [-0.05, 0) is 12.5 Å². The van der Waals surface area contributed by atoms with Crippen molar-refractivity contribution in [3.05, 3.63) is 36.0 Å². The van der Waals surface area contributed by atoms with E-state index in [9.17, 15) is 0 Å². The number of hydrogen-bond donors (Lipinski definition) is 1. The van der Waals surface area contributed by atoms with Crippen molar-refractivity contribution < 1.29 is 4.90 Å². The summed E-state index contributed by atoms with van der Waals surface area (Å²) in [5, 5.41) is 0. The predicted octanol–water partition coefficient (Wildman–Crippen LogP) is 1.99. The molecular weight excluding hydrogens is 158 g/mol. The smallest absolute Gasteiger partial charge is 0.143 e. The van der Waals surface area contributed by atoms with Crippen molar-refractivity contribution in [3.8, 4) is 0 Å². The molecule has 0 radical (unpaired) electrons. The summed E-state index contributed by atoms with van der Waals surface area (Å²) >= 11 is 0. The van der Waals surface area contributed by atoms with E-state index in [4.69, 9.17) is 0 Å². The molecule has 1 atom stereocenters. The van der Waals surface area contributed by atoms with Crippen molar-refractivity contribution in [1.29, 1.82) is 0 Å². The van der Waals surface area contributed by atoms with Crippen LogP contribution < -0.4 is 4.90 Å². The van der Waals surface area contributed by atoms with Crippen molar-refractivity contribution >= 4 is 11.8 Å². The molecule has 1 heteroatoms. The van der Waals surface area contributed by atoms with Crippen LogP contribution in [0.5, 0.6) is 0 Å². The summed E-state index contributed by atoms with van der Waals surface area (Å²) in [4.78, 5) is 1.51. The molecule has 0 fully saturated rings. The van der Waals surface area contributed by atoms with E-state index in [-0.39, 0.29) is 0 Å². The number of benzene rings is 1. The Morgan fingerprint density at radius 3 is 2.92 bits per heavy atom. The first-order chi connectivity index (χ1) is 6.42. The highest BCUT2D eigenvalue weighted by molar-refractivity contribution is 5.63. The van der Waals surface area contributed by atoms with Crippen LogP contribution in [0, 0.1) is 0 Å². The van der Waals surface area contributed by atoms with Crippen LogP contribution in [-0.2, 0) is 0 Å². The second-order valence-electron chi connectivity index (χ2n) is 3.55. The van der Waals surface area contributed by atoms with Crippen LogP contribution in [0.15, 0.2) is 30.5 Å². The third-order valence-electron chi connectivity index (χ3n) is 2.57. The lowest BCUT2D eigenvalue weighted by molar-refractivity contribution is -0.772. The molecule has 0 aliphatic carbocycles. The van der Waals surface area contributed by atoms with Crippen molar-refractivity contribution in [1.82, 2.24) is 0 Å². The van der Waals surface area contributed by atoms with E-state index in [1.165, 1.54) is 35.5 Å². The zero-order chi connectivity index (χ0) is 9.10. The minimum atomic E-state index is 1.23. The maximum absolute atomic E-state index is 2.26. The Balaban J connectivity index is 2.14. The van der Waals surface area contributed by atoms with E-state index < -0.39 is 0 Å². The van der Waals surface area contributed by atoms with Gasteiger partial charge in [-0.25, -0.2) is 0 Å². The van der Waals surface area contributed by atoms with E-state index in [0.717, 1.165) is 0 Å². The fourth-order valence-electron chi connectivity index (χ4n) is 1.80. The van der Waals surface area contributed by atoms with Crippen LogP contribution >= 0.6 is 0 Å². The summed E-state index contributed by atoms with van der Waals surface area (Å²) in [6.45, 7) is 3.47. The van der Waals surface area contributed by atoms with Gasteiger partial charge in [0.05, 0.1) is 6.54 Å². The lowest BCUT2D eigenvalue weighted by Crippen LogP contribution is -3.01. The summed E-state index contributed by atoms with van der Waals surface area (Å²) in [7, 11) is 0. The predicted molar refractivity (Wildman–Crippen MR) is 55.9 cm³/mol. The maximum Gasteiger partial charge on any atom is 0.143 e. The molecule has 2 rings (SSSR count). The van der Waals surface area contributed by atoms with Crippen molar-refractivity contribution in [2.75, 3.05) is 6.54 Å². The van der Waals surface area contributed by atoms with E-state index in [1.54, 1.807) is 0 Å². The highest BCUT2D eigenvalue weighted by Gasteiger charge is 2.17. The van der Waals surface area contributed by atoms with Gasteiger partial charge < -0.3 is 0 Å². The SMILES string of the molecule is CCCC[NH+]1C=Cc2ccccc21. The number of nitrogens with one attached hydrogen (secondary N) is 1. The van der Waals surface area contributed by atoms with Gasteiger partial charge in [-0.1, -0.05) is 25.5 Å². The van der Waals surface area contributed by atoms with Crippen LogP contribution in [0.2, 0.25) is 0 Å². The highest BCUT2D eigenvalue weighted by atomic mass is 15.1. The molecule has 1 heterocycles. The van der Waals surface area contributed by atoms with Crippen LogP contribution in [0.25, 0.3) is 6.08 Å². The first kappa shape index (κ1) is 8.52. The molecule has 0 bridgehead atoms. The van der Waals surface area contributed by atoms with Crippen molar-refractivity contribution in [2.24, 2.45) is 0 Å². The Bertz CT molecular complexity index is 315. The van der Waals surface area contributed by atoms with Crippen LogP contribution in [-0.4, -0.2) is 6.54 Å². The Labute approximate surface area is 79.7 Å². The lowest BCUT2D eigenvalue weighted by Gasteiger charge is -2.10. The van der Waals surface area contributed by atoms with Gasteiger partial charge in [0.2, 0.25) is 0 Å². The van der Waals surface area contributed by atoms with Gasteiger partial charge in [0, 0.05) is 17.7 Å². The number of unbranched alkanes of at least 4 members (excludes halogenated alkanes) is 1. The summed E-state index contributed by atoms with van der Waals surface area (Å²) in [6.07, 6.45) is 7.06. The first-order valence-electron chi connectivity index (χ1n) is 5.05. The Morgan fingerprint density at radius 2 is 2.08 bits per heavy atom. The Morgan fingerprint density at radius 1 is 1.23 bits per heavy atom. The molecule has 0 saturated carbocycles. The minimum Gasteiger partial charge on any atom is -0.276 e. The van der Waals surface area contributed by atoms with Gasteiger partial charge in [0.15, 0.2) is 0 Å². The first-order valence-corrected chi connectivity index (χ1v) is 5.05. The molecule has 1 aromatic carbocycles. The zero-order valence-electron chi connectivity index (χ0n) is 8.09. The van der Waals surface area contributed by atoms with Gasteiger partial charge in [0.1, 0.15) is 11.9 Å². The second-order valence-corrected chi connectivity index (χ2v) is 3.55. The largest absolute Gasteiger partial charge is 0.276 e. The number of para-hydroxylation sites is 1. The number of hydrogen-bond acceptors (Lipinski definition) is 0. The fourth-order valence-corrected chi connectivity index (χ4v) is 1.80. The van der Waals surface area contributed by atoms with Crippen LogP contribution in [0.1, 0.15) is 25.3 Å². The van der Waals surface area contributed by atoms with Gasteiger partial charge >= 0.3 is 0 Å². The van der Waals surface area contributed by atoms with Gasteiger partial charge in [-0.2, -0.15) is 0 Å². The number of fused-ring (bicyclic) bond motifs is 1. The molecule has 0 aromatic heterocycles. The second kappa shape index (κ2) is 3.75. The average molecular weight is 174 g/mol. The zero-order valence-corrected chi connectivity index (χ0v) is 8.09. The molecular formula is C12H16N+. The third kappa shape index (κ3) is 1.65. The summed E-state index contributed by atoms with van der Waals surface area (Å²) in [6, 6.07) is 8.63. The molecule has 1 aliphatic rings. The molecule has 13 heavy (non-hydrogen) atoms. The van der Waals surface area contributed by atoms with Crippen LogP contribution in [0.3, 0.4) is 0 Å². The fraction of sp³-hybridized carbons (Fsp3) is 0.333. The molecule has 1 unspecified atom stereocenters. The molecule has 1 aromatic rings. The quantitative estimate of drug-likeness (QED) is 0.714. The molecule has 1 nitrogen and oxygen atoms in total. The topological polar surface area (TPSA) is 4.44 Å². The summed E-state index contributed by atoms with van der Waals surface area (Å²) in [5.41, 5.74) is 2.82. The average Bonchev–Trinajstić information content (AvgIpc) is 2.58. The van der Waals surface area contributed by atoms with E-state index in [0.29, 0.717) is 0 Å². The molecule has 0 amide bonds. The molecule has 68 valence electrons. The minimum absolute atomic E-state index is 1.23. The Kier molecular flexibility index (Phi) is 2.46. The number of rotatable bonds is 3. The molecule has 1 N–H and O–H groups in total. The molecule has 0 saturated heterocycles. The normalized spacial score (nSPS) is 19.0. The molecule has 1 aliphatic heterocycles. The lowest BCUT2D eigenvalue weighted by atomic mass is 10.2. The van der Waals surface area contributed by atoms with Crippen LogP contribution in [0.4, 0.5) is 5.69 Å². The Hall–Kier alpha value is -1.08. The van der Waals surface area contributed by atoms with Crippen molar-refractivity contribution in [3.63, 3.8) is 0 Å². The summed E-state index contributed by atoms with van der Waals surface area (Å²) < 4.78 is 0. The van der Waals surface area contributed by atoms with Gasteiger partial charge in [0.25, 0.3) is 0 Å².